The lowest BCUT2D eigenvalue weighted by atomic mass is 9.91. The molecule has 0 aliphatic carbocycles. The Balaban J connectivity index is 1.65. The van der Waals surface area contributed by atoms with Crippen LogP contribution < -0.4 is 10.1 Å². The fraction of sp³-hybridized carbons (Fsp3) is 0.438. The van der Waals surface area contributed by atoms with E-state index in [1.54, 1.807) is 24.5 Å². The zero-order valence-corrected chi connectivity index (χ0v) is 13.0. The van der Waals surface area contributed by atoms with E-state index in [1.807, 2.05) is 6.20 Å². The summed E-state index contributed by atoms with van der Waals surface area (Å²) in [4.78, 5) is 16.4. The molecule has 0 spiro atoms. The van der Waals surface area contributed by atoms with Crippen molar-refractivity contribution < 1.29 is 14.3 Å². The average molecular weight is 316 g/mol. The van der Waals surface area contributed by atoms with Crippen LogP contribution in [0.2, 0.25) is 0 Å². The summed E-state index contributed by atoms with van der Waals surface area (Å²) in [5, 5.41) is 9.76. The smallest absolute Gasteiger partial charge is 0.256 e. The van der Waals surface area contributed by atoms with E-state index in [1.165, 1.54) is 7.11 Å². The second-order valence-corrected chi connectivity index (χ2v) is 5.50. The zero-order valence-electron chi connectivity index (χ0n) is 13.0. The van der Waals surface area contributed by atoms with Crippen LogP contribution in [0.25, 0.3) is 0 Å². The molecule has 0 bridgehead atoms. The summed E-state index contributed by atoms with van der Waals surface area (Å²) in [5.41, 5.74) is 1.45. The number of hydrogen-bond donors (Lipinski definition) is 2. The van der Waals surface area contributed by atoms with Gasteiger partial charge in [-0.15, -0.1) is 0 Å². The molecule has 7 nitrogen and oxygen atoms in total. The molecular weight excluding hydrogens is 296 g/mol. The molecule has 0 aromatic carbocycles. The molecule has 1 amide bonds. The average Bonchev–Trinajstić information content (AvgIpc) is 3.14. The van der Waals surface area contributed by atoms with E-state index in [0.717, 1.165) is 25.0 Å². The molecule has 2 atom stereocenters. The van der Waals surface area contributed by atoms with Crippen molar-refractivity contribution in [2.75, 3.05) is 20.3 Å². The van der Waals surface area contributed by atoms with Crippen LogP contribution in [0.5, 0.6) is 5.88 Å². The Morgan fingerprint density at radius 1 is 1.57 bits per heavy atom. The number of nitrogens with zero attached hydrogens (tertiary/aromatic N) is 2. The highest BCUT2D eigenvalue weighted by Gasteiger charge is 2.28. The first kappa shape index (κ1) is 15.5. The van der Waals surface area contributed by atoms with Crippen molar-refractivity contribution in [1.82, 2.24) is 20.5 Å². The Bertz CT molecular complexity index is 645. The van der Waals surface area contributed by atoms with Gasteiger partial charge in [0.15, 0.2) is 0 Å². The van der Waals surface area contributed by atoms with E-state index in [9.17, 15) is 4.79 Å². The van der Waals surface area contributed by atoms with Crippen molar-refractivity contribution in [3.8, 4) is 5.88 Å². The lowest BCUT2D eigenvalue weighted by Gasteiger charge is -2.31. The van der Waals surface area contributed by atoms with E-state index < -0.39 is 0 Å². The second kappa shape index (κ2) is 7.23. The SMILES string of the molecule is COc1ncccc1C(=O)NC[C@@H]1CCCO[C@H]1c1cn[nH]c1. The maximum Gasteiger partial charge on any atom is 0.256 e. The molecule has 0 saturated carbocycles. The number of H-pyrrole nitrogens is 1. The fourth-order valence-corrected chi connectivity index (χ4v) is 2.88. The van der Waals surface area contributed by atoms with Crippen LogP contribution in [0, 0.1) is 5.92 Å². The Kier molecular flexibility index (Phi) is 4.87. The Morgan fingerprint density at radius 3 is 3.26 bits per heavy atom. The Hall–Kier alpha value is -2.41. The lowest BCUT2D eigenvalue weighted by Crippen LogP contribution is -2.35. The number of aromatic amines is 1. The summed E-state index contributed by atoms with van der Waals surface area (Å²) in [6.07, 6.45) is 7.16. The molecule has 7 heteroatoms. The fourth-order valence-electron chi connectivity index (χ4n) is 2.88. The van der Waals surface area contributed by atoms with Gasteiger partial charge < -0.3 is 14.8 Å². The molecule has 1 aliphatic rings. The summed E-state index contributed by atoms with van der Waals surface area (Å²) in [6.45, 7) is 1.27. The van der Waals surface area contributed by atoms with Gasteiger partial charge in [-0.3, -0.25) is 9.89 Å². The van der Waals surface area contributed by atoms with Crippen LogP contribution in [-0.2, 0) is 4.74 Å². The van der Waals surface area contributed by atoms with Crippen LogP contribution in [-0.4, -0.2) is 41.3 Å². The first-order valence-electron chi connectivity index (χ1n) is 7.67. The van der Waals surface area contributed by atoms with Gasteiger partial charge in [-0.1, -0.05) is 0 Å². The van der Waals surface area contributed by atoms with Crippen LogP contribution in [0.4, 0.5) is 0 Å². The van der Waals surface area contributed by atoms with Crippen LogP contribution >= 0.6 is 0 Å². The molecule has 2 aromatic rings. The maximum atomic E-state index is 12.4. The predicted octanol–water partition coefficient (Wildman–Crippen LogP) is 1.71. The maximum absolute atomic E-state index is 12.4. The number of nitrogens with one attached hydrogen (secondary N) is 2. The molecule has 0 unspecified atom stereocenters. The van der Waals surface area contributed by atoms with E-state index in [4.69, 9.17) is 9.47 Å². The van der Waals surface area contributed by atoms with Gasteiger partial charge in [-0.25, -0.2) is 4.98 Å². The molecule has 1 aliphatic heterocycles. The van der Waals surface area contributed by atoms with Gasteiger partial charge in [-0.05, 0) is 25.0 Å². The molecule has 1 saturated heterocycles. The number of carbonyl (C=O) groups excluding carboxylic acids is 1. The molecule has 122 valence electrons. The summed E-state index contributed by atoms with van der Waals surface area (Å²) >= 11 is 0. The van der Waals surface area contributed by atoms with E-state index in [2.05, 4.69) is 20.5 Å². The third-order valence-corrected chi connectivity index (χ3v) is 4.03. The standard InChI is InChI=1S/C16H20N4O3/c1-22-16-13(5-2-6-17-16)15(21)18-8-11-4-3-7-23-14(11)12-9-19-20-10-12/h2,5-6,9-11,14H,3-4,7-8H2,1H3,(H,18,21)(H,19,20)/t11-,14+/m0/s1. The van der Waals surface area contributed by atoms with Crippen LogP contribution in [0.15, 0.2) is 30.7 Å². The number of amides is 1. The molecule has 2 aromatic heterocycles. The normalized spacial score (nSPS) is 20.9. The minimum atomic E-state index is -0.188. The first-order valence-corrected chi connectivity index (χ1v) is 7.67. The topological polar surface area (TPSA) is 89.1 Å². The lowest BCUT2D eigenvalue weighted by molar-refractivity contribution is -0.0272. The predicted molar refractivity (Wildman–Crippen MR) is 83.1 cm³/mol. The van der Waals surface area contributed by atoms with Crippen molar-refractivity contribution in [3.63, 3.8) is 0 Å². The summed E-state index contributed by atoms with van der Waals surface area (Å²) in [6, 6.07) is 3.42. The number of hydrogen-bond acceptors (Lipinski definition) is 5. The number of rotatable bonds is 5. The first-order chi connectivity index (χ1) is 11.3. The van der Waals surface area contributed by atoms with Gasteiger partial charge in [0.05, 0.1) is 19.4 Å². The van der Waals surface area contributed by atoms with Gasteiger partial charge >= 0.3 is 0 Å². The monoisotopic (exact) mass is 316 g/mol. The molecular formula is C16H20N4O3. The van der Waals surface area contributed by atoms with Gasteiger partial charge in [0.1, 0.15) is 5.56 Å². The van der Waals surface area contributed by atoms with Crippen LogP contribution in [0.1, 0.15) is 34.9 Å². The van der Waals surface area contributed by atoms with Crippen molar-refractivity contribution in [1.29, 1.82) is 0 Å². The summed E-state index contributed by atoms with van der Waals surface area (Å²) in [5.74, 6) is 0.357. The van der Waals surface area contributed by atoms with Gasteiger partial charge in [0, 0.05) is 37.0 Å². The third-order valence-electron chi connectivity index (χ3n) is 4.03. The number of carbonyl (C=O) groups is 1. The number of pyridine rings is 1. The van der Waals surface area contributed by atoms with Crippen molar-refractivity contribution in [3.05, 3.63) is 41.9 Å². The molecule has 0 radical (unpaired) electrons. The number of ether oxygens (including phenoxy) is 2. The summed E-state index contributed by atoms with van der Waals surface area (Å²) < 4.78 is 11.0. The van der Waals surface area contributed by atoms with Crippen molar-refractivity contribution in [2.45, 2.75) is 18.9 Å². The highest BCUT2D eigenvalue weighted by Crippen LogP contribution is 2.32. The quantitative estimate of drug-likeness (QED) is 0.876. The minimum Gasteiger partial charge on any atom is -0.480 e. The van der Waals surface area contributed by atoms with Crippen molar-refractivity contribution in [2.24, 2.45) is 5.92 Å². The Morgan fingerprint density at radius 2 is 2.48 bits per heavy atom. The highest BCUT2D eigenvalue weighted by molar-refractivity contribution is 5.96. The molecule has 3 rings (SSSR count). The van der Waals surface area contributed by atoms with Crippen molar-refractivity contribution >= 4 is 5.91 Å². The van der Waals surface area contributed by atoms with Gasteiger partial charge in [-0.2, -0.15) is 5.10 Å². The van der Waals surface area contributed by atoms with Gasteiger partial charge in [0.2, 0.25) is 5.88 Å². The number of methoxy groups -OCH3 is 1. The highest BCUT2D eigenvalue weighted by atomic mass is 16.5. The molecule has 2 N–H and O–H groups in total. The van der Waals surface area contributed by atoms with E-state index in [0.29, 0.717) is 18.0 Å². The van der Waals surface area contributed by atoms with Crippen LogP contribution in [0.3, 0.4) is 0 Å². The molecule has 3 heterocycles. The second-order valence-electron chi connectivity index (χ2n) is 5.50. The molecule has 23 heavy (non-hydrogen) atoms. The van der Waals surface area contributed by atoms with E-state index >= 15 is 0 Å². The zero-order chi connectivity index (χ0) is 16.1. The third kappa shape index (κ3) is 3.50. The largest absolute Gasteiger partial charge is 0.480 e. The number of aromatic nitrogens is 3. The minimum absolute atomic E-state index is 0.0430. The van der Waals surface area contributed by atoms with Gasteiger partial charge in [0.25, 0.3) is 5.91 Å². The Labute approximate surface area is 134 Å². The summed E-state index contributed by atoms with van der Waals surface area (Å²) in [7, 11) is 1.50. The van der Waals surface area contributed by atoms with E-state index in [-0.39, 0.29) is 17.9 Å². The molecule has 1 fully saturated rings.